The van der Waals surface area contributed by atoms with Gasteiger partial charge in [0.2, 0.25) is 0 Å². The monoisotopic (exact) mass is 275 g/mol. The molecule has 100 valence electrons. The fourth-order valence-electron chi connectivity index (χ4n) is 2.04. The molecule has 0 saturated carbocycles. The summed E-state index contributed by atoms with van der Waals surface area (Å²) < 4.78 is 5.15. The Balaban J connectivity index is 2.27. The summed E-state index contributed by atoms with van der Waals surface area (Å²) >= 11 is 5.08. The number of aromatic nitrogens is 1. The lowest BCUT2D eigenvalue weighted by Crippen LogP contribution is -2.14. The molecule has 4 nitrogen and oxygen atoms in total. The van der Waals surface area contributed by atoms with Gasteiger partial charge in [-0.05, 0) is 32.4 Å². The van der Waals surface area contributed by atoms with Gasteiger partial charge in [0.25, 0.3) is 0 Å². The average molecular weight is 275 g/mol. The van der Waals surface area contributed by atoms with Gasteiger partial charge in [0, 0.05) is 23.4 Å². The lowest BCUT2D eigenvalue weighted by molar-refractivity contribution is 0.392. The number of rotatable bonds is 4. The second-order valence-electron chi connectivity index (χ2n) is 4.52. The molecule has 0 aliphatic rings. The number of hydrogen-bond acceptors (Lipinski definition) is 4. The Hall–Kier alpha value is -1.88. The third-order valence-corrected chi connectivity index (χ3v) is 3.38. The fourth-order valence-corrected chi connectivity index (χ4v) is 2.21. The predicted octanol–water partition coefficient (Wildman–Crippen LogP) is 2.85. The largest absolute Gasteiger partial charge is 0.389 e. The highest BCUT2D eigenvalue weighted by Gasteiger charge is 2.11. The van der Waals surface area contributed by atoms with E-state index < -0.39 is 0 Å². The summed E-state index contributed by atoms with van der Waals surface area (Å²) in [7, 11) is 0. The third kappa shape index (κ3) is 2.76. The van der Waals surface area contributed by atoms with E-state index >= 15 is 0 Å². The first-order valence-corrected chi connectivity index (χ1v) is 6.46. The molecular formula is C14H17N3OS. The van der Waals surface area contributed by atoms with Crippen molar-refractivity contribution in [2.75, 3.05) is 5.32 Å². The molecule has 19 heavy (non-hydrogen) atoms. The van der Waals surface area contributed by atoms with E-state index in [9.17, 15) is 0 Å². The molecule has 1 heterocycles. The zero-order valence-electron chi connectivity index (χ0n) is 11.3. The van der Waals surface area contributed by atoms with Crippen molar-refractivity contribution < 1.29 is 4.52 Å². The van der Waals surface area contributed by atoms with Gasteiger partial charge in [-0.2, -0.15) is 0 Å². The summed E-state index contributed by atoms with van der Waals surface area (Å²) in [5.74, 6) is 0.829. The Morgan fingerprint density at radius 2 is 2.11 bits per heavy atom. The molecule has 0 amide bonds. The highest BCUT2D eigenvalue weighted by molar-refractivity contribution is 7.80. The van der Waals surface area contributed by atoms with Crippen molar-refractivity contribution in [3.63, 3.8) is 0 Å². The Morgan fingerprint density at radius 3 is 2.68 bits per heavy atom. The number of nitrogens with zero attached hydrogens (tertiary/aromatic N) is 1. The summed E-state index contributed by atoms with van der Waals surface area (Å²) in [5.41, 5.74) is 10.7. The SMILES string of the molecule is Cc1cccc(C(N)=S)c1NCc1c(C)noc1C. The van der Waals surface area contributed by atoms with E-state index in [0.717, 1.165) is 33.8 Å². The second kappa shape index (κ2) is 5.40. The summed E-state index contributed by atoms with van der Waals surface area (Å²) in [6.07, 6.45) is 0. The zero-order valence-corrected chi connectivity index (χ0v) is 12.1. The maximum absolute atomic E-state index is 5.75. The van der Waals surface area contributed by atoms with E-state index in [-0.39, 0.29) is 0 Å². The van der Waals surface area contributed by atoms with Crippen LogP contribution in [-0.2, 0) is 6.54 Å². The average Bonchev–Trinajstić information content (AvgIpc) is 2.67. The number of para-hydroxylation sites is 1. The van der Waals surface area contributed by atoms with Crippen molar-refractivity contribution in [3.05, 3.63) is 46.3 Å². The van der Waals surface area contributed by atoms with Crippen molar-refractivity contribution in [2.24, 2.45) is 5.73 Å². The van der Waals surface area contributed by atoms with Gasteiger partial charge in [-0.1, -0.05) is 29.5 Å². The molecule has 1 aromatic carbocycles. The number of nitrogens with one attached hydrogen (secondary N) is 1. The topological polar surface area (TPSA) is 64.1 Å². The van der Waals surface area contributed by atoms with E-state index in [0.29, 0.717) is 11.5 Å². The molecular weight excluding hydrogens is 258 g/mol. The van der Waals surface area contributed by atoms with E-state index in [1.54, 1.807) is 0 Å². The molecule has 3 N–H and O–H groups in total. The summed E-state index contributed by atoms with van der Waals surface area (Å²) in [6.45, 7) is 6.50. The van der Waals surface area contributed by atoms with Crippen molar-refractivity contribution >= 4 is 22.9 Å². The van der Waals surface area contributed by atoms with E-state index in [2.05, 4.69) is 10.5 Å². The van der Waals surface area contributed by atoms with Crippen molar-refractivity contribution in [2.45, 2.75) is 27.3 Å². The van der Waals surface area contributed by atoms with Crippen molar-refractivity contribution in [1.82, 2.24) is 5.16 Å². The summed E-state index contributed by atoms with van der Waals surface area (Å²) in [6, 6.07) is 5.90. The maximum atomic E-state index is 5.75. The first-order chi connectivity index (χ1) is 9.00. The van der Waals surface area contributed by atoms with Crippen LogP contribution in [0.25, 0.3) is 0 Å². The lowest BCUT2D eigenvalue weighted by Gasteiger charge is -2.14. The van der Waals surface area contributed by atoms with Gasteiger partial charge in [-0.15, -0.1) is 0 Å². The van der Waals surface area contributed by atoms with Gasteiger partial charge in [0.1, 0.15) is 10.7 Å². The number of thiocarbonyl (C=S) groups is 1. The molecule has 0 fully saturated rings. The normalized spacial score (nSPS) is 10.5. The highest BCUT2D eigenvalue weighted by Crippen LogP contribution is 2.22. The molecule has 0 saturated heterocycles. The quantitative estimate of drug-likeness (QED) is 0.840. The van der Waals surface area contributed by atoms with Gasteiger partial charge in [-0.3, -0.25) is 0 Å². The zero-order chi connectivity index (χ0) is 14.0. The number of benzene rings is 1. The van der Waals surface area contributed by atoms with Crippen LogP contribution in [0.3, 0.4) is 0 Å². The third-order valence-electron chi connectivity index (χ3n) is 3.16. The molecule has 0 radical (unpaired) electrons. The van der Waals surface area contributed by atoms with Crippen LogP contribution < -0.4 is 11.1 Å². The molecule has 1 aromatic heterocycles. The Morgan fingerprint density at radius 1 is 1.37 bits per heavy atom. The highest BCUT2D eigenvalue weighted by atomic mass is 32.1. The first kappa shape index (κ1) is 13.5. The van der Waals surface area contributed by atoms with Crippen molar-refractivity contribution in [3.8, 4) is 0 Å². The Labute approximate surface area is 118 Å². The first-order valence-electron chi connectivity index (χ1n) is 6.05. The van der Waals surface area contributed by atoms with Crippen LogP contribution in [0.15, 0.2) is 22.7 Å². The summed E-state index contributed by atoms with van der Waals surface area (Å²) in [5, 5.41) is 7.32. The van der Waals surface area contributed by atoms with Crippen LogP contribution >= 0.6 is 12.2 Å². The fraction of sp³-hybridized carbons (Fsp3) is 0.286. The predicted molar refractivity (Wildman–Crippen MR) is 80.4 cm³/mol. The molecule has 0 atom stereocenters. The van der Waals surface area contributed by atoms with E-state index in [1.807, 2.05) is 39.0 Å². The second-order valence-corrected chi connectivity index (χ2v) is 4.96. The molecule has 2 aromatic rings. The Bertz CT molecular complexity index is 600. The smallest absolute Gasteiger partial charge is 0.138 e. The van der Waals surface area contributed by atoms with Gasteiger partial charge in [0.15, 0.2) is 0 Å². The van der Waals surface area contributed by atoms with Gasteiger partial charge < -0.3 is 15.6 Å². The minimum absolute atomic E-state index is 0.393. The standard InChI is InChI=1S/C14H17N3OS/c1-8-5-4-6-11(14(15)19)13(8)16-7-12-9(2)17-18-10(12)3/h4-6,16H,7H2,1-3H3,(H2,15,19). The van der Waals surface area contributed by atoms with Gasteiger partial charge in [-0.25, -0.2) is 0 Å². The molecule has 5 heteroatoms. The molecule has 0 aliphatic carbocycles. The number of hydrogen-bond donors (Lipinski definition) is 2. The van der Waals surface area contributed by atoms with Crippen molar-refractivity contribution in [1.29, 1.82) is 0 Å². The molecule has 0 spiro atoms. The molecule has 2 rings (SSSR count). The minimum Gasteiger partial charge on any atom is -0.389 e. The number of nitrogens with two attached hydrogens (primary N) is 1. The van der Waals surface area contributed by atoms with E-state index in [1.165, 1.54) is 0 Å². The van der Waals surface area contributed by atoms with Crippen LogP contribution in [0.1, 0.15) is 28.1 Å². The molecule has 0 bridgehead atoms. The van der Waals surface area contributed by atoms with Gasteiger partial charge >= 0.3 is 0 Å². The van der Waals surface area contributed by atoms with Gasteiger partial charge in [0.05, 0.1) is 5.69 Å². The summed E-state index contributed by atoms with van der Waals surface area (Å²) in [4.78, 5) is 0.393. The Kier molecular flexibility index (Phi) is 3.85. The number of anilines is 1. The van der Waals surface area contributed by atoms with Crippen LogP contribution in [0, 0.1) is 20.8 Å². The van der Waals surface area contributed by atoms with Crippen LogP contribution in [0.2, 0.25) is 0 Å². The van der Waals surface area contributed by atoms with Crippen LogP contribution in [0.4, 0.5) is 5.69 Å². The minimum atomic E-state index is 0.393. The van der Waals surface area contributed by atoms with Crippen LogP contribution in [0.5, 0.6) is 0 Å². The molecule has 0 unspecified atom stereocenters. The van der Waals surface area contributed by atoms with E-state index in [4.69, 9.17) is 22.5 Å². The lowest BCUT2D eigenvalue weighted by atomic mass is 10.1. The maximum Gasteiger partial charge on any atom is 0.138 e. The number of aryl methyl sites for hydroxylation is 3. The van der Waals surface area contributed by atoms with Crippen LogP contribution in [-0.4, -0.2) is 10.1 Å². The molecule has 0 aliphatic heterocycles.